The number of aliphatic carboxylic acids is 1. The van der Waals surface area contributed by atoms with Gasteiger partial charge in [-0.1, -0.05) is 5.21 Å². The first kappa shape index (κ1) is 12.8. The Labute approximate surface area is 108 Å². The number of aromatic nitrogens is 3. The molecule has 0 aromatic carbocycles. The van der Waals surface area contributed by atoms with Gasteiger partial charge in [0.1, 0.15) is 12.3 Å². The molecule has 0 saturated heterocycles. The number of rotatable bonds is 5. The third-order valence-corrected chi connectivity index (χ3v) is 2.39. The second-order valence-corrected chi connectivity index (χ2v) is 3.91. The lowest BCUT2D eigenvalue weighted by atomic mass is 10.2. The number of carbonyl (C=O) groups excluding carboxylic acids is 1. The van der Waals surface area contributed by atoms with E-state index >= 15 is 0 Å². The molecule has 1 atom stereocenters. The molecule has 0 fully saturated rings. The minimum Gasteiger partial charge on any atom is -0.480 e. The van der Waals surface area contributed by atoms with Crippen LogP contribution in [-0.4, -0.2) is 32.0 Å². The summed E-state index contributed by atoms with van der Waals surface area (Å²) in [6.45, 7) is 1.42. The molecule has 0 aliphatic heterocycles. The van der Waals surface area contributed by atoms with Crippen LogP contribution in [-0.2, 0) is 11.3 Å². The van der Waals surface area contributed by atoms with Gasteiger partial charge in [-0.15, -0.1) is 5.10 Å². The fourth-order valence-electron chi connectivity index (χ4n) is 1.50. The van der Waals surface area contributed by atoms with E-state index in [9.17, 15) is 9.59 Å². The highest BCUT2D eigenvalue weighted by Gasteiger charge is 2.16. The van der Waals surface area contributed by atoms with Crippen LogP contribution in [0.4, 0.5) is 0 Å². The fraction of sp³-hybridized carbons (Fsp3) is 0.273. The van der Waals surface area contributed by atoms with E-state index in [0.717, 1.165) is 4.68 Å². The average molecular weight is 264 g/mol. The van der Waals surface area contributed by atoms with Crippen LogP contribution in [0.25, 0.3) is 0 Å². The van der Waals surface area contributed by atoms with Crippen molar-refractivity contribution in [2.75, 3.05) is 0 Å². The van der Waals surface area contributed by atoms with E-state index in [-0.39, 0.29) is 18.3 Å². The average Bonchev–Trinajstić information content (AvgIpc) is 2.97. The van der Waals surface area contributed by atoms with Crippen LogP contribution < -0.4 is 5.32 Å². The molecule has 0 bridgehead atoms. The lowest BCUT2D eigenvalue weighted by Crippen LogP contribution is -2.26. The highest BCUT2D eigenvalue weighted by Crippen LogP contribution is 2.12. The topological polar surface area (TPSA) is 110 Å². The Morgan fingerprint density at radius 1 is 1.58 bits per heavy atom. The van der Waals surface area contributed by atoms with E-state index in [1.807, 2.05) is 0 Å². The van der Waals surface area contributed by atoms with Crippen molar-refractivity contribution < 1.29 is 19.1 Å². The van der Waals surface area contributed by atoms with Crippen LogP contribution in [0, 0.1) is 0 Å². The van der Waals surface area contributed by atoms with Crippen LogP contribution in [0.3, 0.4) is 0 Å². The van der Waals surface area contributed by atoms with Crippen molar-refractivity contribution in [2.24, 2.45) is 0 Å². The molecule has 1 amide bonds. The largest absolute Gasteiger partial charge is 0.480 e. The number of carboxylic acids is 1. The number of carbonyl (C=O) groups is 2. The molecular formula is C11H12N4O4. The van der Waals surface area contributed by atoms with E-state index in [4.69, 9.17) is 9.52 Å². The standard InChI is InChI=1S/C11H12N4O4/c1-7(9-3-2-4-19-9)12-11(18)8-5-15(14-13-8)6-10(16)17/h2-5,7H,6H2,1H3,(H,12,18)(H,16,17). The van der Waals surface area contributed by atoms with Gasteiger partial charge in [0.25, 0.3) is 5.91 Å². The Morgan fingerprint density at radius 2 is 2.37 bits per heavy atom. The monoisotopic (exact) mass is 264 g/mol. The summed E-state index contributed by atoms with van der Waals surface area (Å²) in [5, 5.41) is 18.4. The molecule has 0 spiro atoms. The van der Waals surface area contributed by atoms with E-state index in [1.165, 1.54) is 12.5 Å². The molecule has 8 heteroatoms. The molecule has 0 saturated carbocycles. The van der Waals surface area contributed by atoms with Crippen LogP contribution >= 0.6 is 0 Å². The van der Waals surface area contributed by atoms with Gasteiger partial charge in [0, 0.05) is 0 Å². The smallest absolute Gasteiger partial charge is 0.325 e. The number of nitrogens with one attached hydrogen (secondary N) is 1. The zero-order chi connectivity index (χ0) is 13.8. The van der Waals surface area contributed by atoms with Gasteiger partial charge < -0.3 is 14.8 Å². The Balaban J connectivity index is 2.00. The minimum absolute atomic E-state index is 0.0552. The van der Waals surface area contributed by atoms with Crippen molar-refractivity contribution in [3.8, 4) is 0 Å². The molecule has 1 unspecified atom stereocenters. The first-order valence-electron chi connectivity index (χ1n) is 5.52. The highest BCUT2D eigenvalue weighted by molar-refractivity contribution is 5.92. The molecule has 2 rings (SSSR count). The second kappa shape index (κ2) is 5.34. The van der Waals surface area contributed by atoms with Gasteiger partial charge in [-0.3, -0.25) is 9.59 Å². The van der Waals surface area contributed by atoms with Crippen molar-refractivity contribution in [3.63, 3.8) is 0 Å². The van der Waals surface area contributed by atoms with Crippen LogP contribution in [0.2, 0.25) is 0 Å². The predicted molar refractivity (Wildman–Crippen MR) is 62.2 cm³/mol. The number of nitrogens with zero attached hydrogens (tertiary/aromatic N) is 3. The molecule has 100 valence electrons. The molecule has 0 radical (unpaired) electrons. The normalized spacial score (nSPS) is 12.1. The minimum atomic E-state index is -1.05. The zero-order valence-corrected chi connectivity index (χ0v) is 10.1. The Bertz CT molecular complexity index is 575. The summed E-state index contributed by atoms with van der Waals surface area (Å²) >= 11 is 0. The molecule has 0 aliphatic rings. The number of carboxylic acid groups (broad SMARTS) is 1. The molecule has 2 aromatic rings. The second-order valence-electron chi connectivity index (χ2n) is 3.91. The third-order valence-electron chi connectivity index (χ3n) is 2.39. The Kier molecular flexibility index (Phi) is 3.60. The molecule has 0 aliphatic carbocycles. The molecule has 8 nitrogen and oxygen atoms in total. The Morgan fingerprint density at radius 3 is 3.00 bits per heavy atom. The zero-order valence-electron chi connectivity index (χ0n) is 10.1. The van der Waals surface area contributed by atoms with Gasteiger partial charge in [-0.2, -0.15) is 0 Å². The summed E-state index contributed by atoms with van der Waals surface area (Å²) in [7, 11) is 0. The molecule has 2 heterocycles. The summed E-state index contributed by atoms with van der Waals surface area (Å²) in [5.74, 6) is -0.882. The van der Waals surface area contributed by atoms with Crippen molar-refractivity contribution in [3.05, 3.63) is 36.0 Å². The van der Waals surface area contributed by atoms with Crippen molar-refractivity contribution in [1.29, 1.82) is 0 Å². The SMILES string of the molecule is CC(NC(=O)c1cn(CC(=O)O)nn1)c1ccco1. The fourth-order valence-corrected chi connectivity index (χ4v) is 1.50. The number of amides is 1. The number of hydrogen-bond donors (Lipinski definition) is 2. The lowest BCUT2D eigenvalue weighted by molar-refractivity contribution is -0.137. The van der Waals surface area contributed by atoms with Crippen LogP contribution in [0.5, 0.6) is 0 Å². The number of furan rings is 1. The van der Waals surface area contributed by atoms with Crippen molar-refractivity contribution >= 4 is 11.9 Å². The van der Waals surface area contributed by atoms with Gasteiger partial charge in [-0.05, 0) is 19.1 Å². The van der Waals surface area contributed by atoms with E-state index in [0.29, 0.717) is 5.76 Å². The van der Waals surface area contributed by atoms with Gasteiger partial charge in [0.05, 0.1) is 18.5 Å². The summed E-state index contributed by atoms with van der Waals surface area (Å²) in [4.78, 5) is 22.3. The van der Waals surface area contributed by atoms with Crippen LogP contribution in [0.1, 0.15) is 29.2 Å². The van der Waals surface area contributed by atoms with Crippen molar-refractivity contribution in [1.82, 2.24) is 20.3 Å². The van der Waals surface area contributed by atoms with E-state index < -0.39 is 11.9 Å². The lowest BCUT2D eigenvalue weighted by Gasteiger charge is -2.09. The van der Waals surface area contributed by atoms with Gasteiger partial charge in [-0.25, -0.2) is 4.68 Å². The maximum absolute atomic E-state index is 11.8. The first-order chi connectivity index (χ1) is 9.06. The summed E-state index contributed by atoms with van der Waals surface area (Å²) in [6, 6.07) is 3.15. The third kappa shape index (κ3) is 3.18. The first-order valence-corrected chi connectivity index (χ1v) is 5.52. The van der Waals surface area contributed by atoms with Gasteiger partial charge in [0.15, 0.2) is 5.69 Å². The molecular weight excluding hydrogens is 252 g/mol. The highest BCUT2D eigenvalue weighted by atomic mass is 16.4. The van der Waals surface area contributed by atoms with Gasteiger partial charge >= 0.3 is 5.97 Å². The van der Waals surface area contributed by atoms with E-state index in [2.05, 4.69) is 15.6 Å². The quantitative estimate of drug-likeness (QED) is 0.811. The van der Waals surface area contributed by atoms with Crippen molar-refractivity contribution in [2.45, 2.75) is 19.5 Å². The van der Waals surface area contributed by atoms with Gasteiger partial charge in [0.2, 0.25) is 0 Å². The molecule has 2 N–H and O–H groups in total. The van der Waals surface area contributed by atoms with Crippen LogP contribution in [0.15, 0.2) is 29.0 Å². The summed E-state index contributed by atoms with van der Waals surface area (Å²) in [5.41, 5.74) is 0.0552. The summed E-state index contributed by atoms with van der Waals surface area (Å²) < 4.78 is 6.23. The maximum Gasteiger partial charge on any atom is 0.325 e. The maximum atomic E-state index is 11.8. The number of hydrogen-bond acceptors (Lipinski definition) is 5. The van der Waals surface area contributed by atoms with E-state index in [1.54, 1.807) is 19.1 Å². The molecule has 19 heavy (non-hydrogen) atoms. The Hall–Kier alpha value is -2.64. The molecule has 2 aromatic heterocycles. The summed E-state index contributed by atoms with van der Waals surface area (Å²) in [6.07, 6.45) is 2.79. The predicted octanol–water partition coefficient (Wildman–Crippen LogP) is 0.447.